The lowest BCUT2D eigenvalue weighted by Crippen LogP contribution is -2.60. The van der Waals surface area contributed by atoms with Gasteiger partial charge >= 0.3 is 17.6 Å². The van der Waals surface area contributed by atoms with E-state index in [0.29, 0.717) is 51.6 Å². The van der Waals surface area contributed by atoms with Gasteiger partial charge in [-0.15, -0.1) is 0 Å². The van der Waals surface area contributed by atoms with Crippen molar-refractivity contribution in [1.29, 1.82) is 0 Å². The Morgan fingerprint density at radius 1 is 0.655 bits per heavy atom. The minimum absolute atomic E-state index is 0.0397. The lowest BCUT2D eigenvalue weighted by molar-refractivity contribution is -0.128. The second-order valence-corrected chi connectivity index (χ2v) is 12.3. The first-order valence-electron chi connectivity index (χ1n) is 10.3. The number of nitrogens with zero attached hydrogens (tertiary/aromatic N) is 2. The monoisotopic (exact) mass is 452 g/mol. The minimum Gasteiger partial charge on any atom is -0.374 e. The third-order valence-corrected chi connectivity index (χ3v) is 11.4. The van der Waals surface area contributed by atoms with Gasteiger partial charge in [0.25, 0.3) is 0 Å². The summed E-state index contributed by atoms with van der Waals surface area (Å²) in [7, 11) is -2.93. The van der Waals surface area contributed by atoms with Crippen LogP contribution < -0.4 is 0 Å². The molecule has 0 saturated carbocycles. The third-order valence-electron chi connectivity index (χ3n) is 4.35. The van der Waals surface area contributed by atoms with Gasteiger partial charge in [0.05, 0.1) is 0 Å². The van der Waals surface area contributed by atoms with E-state index in [0.717, 1.165) is 0 Å². The first kappa shape index (κ1) is 28.2. The van der Waals surface area contributed by atoms with Gasteiger partial charge in [0, 0.05) is 79.5 Å². The van der Waals surface area contributed by atoms with Gasteiger partial charge in [-0.05, 0) is 27.7 Å². The molecule has 0 radical (unpaired) electrons. The fourth-order valence-electron chi connectivity index (χ4n) is 2.63. The highest BCUT2D eigenvalue weighted by molar-refractivity contribution is 6.75. The zero-order chi connectivity index (χ0) is 22.5. The summed E-state index contributed by atoms with van der Waals surface area (Å²) in [5.41, 5.74) is 0. The van der Waals surface area contributed by atoms with Crippen molar-refractivity contribution in [1.82, 2.24) is 9.80 Å². The van der Waals surface area contributed by atoms with Crippen LogP contribution in [0.3, 0.4) is 0 Å². The normalized spacial score (nSPS) is 12.1. The van der Waals surface area contributed by atoms with E-state index in [4.69, 9.17) is 21.8 Å². The Morgan fingerprint density at radius 2 is 0.931 bits per heavy atom. The maximum atomic E-state index is 11.6. The van der Waals surface area contributed by atoms with Gasteiger partial charge in [0.1, 0.15) is 0 Å². The molecule has 0 aromatic heterocycles. The van der Waals surface area contributed by atoms with E-state index < -0.39 is 17.6 Å². The zero-order valence-corrected chi connectivity index (χ0v) is 21.4. The van der Waals surface area contributed by atoms with E-state index in [9.17, 15) is 9.59 Å². The van der Waals surface area contributed by atoms with Crippen molar-refractivity contribution < 1.29 is 31.4 Å². The van der Waals surface area contributed by atoms with E-state index in [-0.39, 0.29) is 11.8 Å². The van der Waals surface area contributed by atoms with E-state index in [1.807, 2.05) is 27.7 Å². The quantitative estimate of drug-likeness (QED) is 0.331. The van der Waals surface area contributed by atoms with Crippen molar-refractivity contribution in [3.8, 4) is 0 Å². The molecule has 29 heavy (non-hydrogen) atoms. The number of carbonyl (C=O) groups is 2. The van der Waals surface area contributed by atoms with Crippen molar-refractivity contribution in [3.63, 3.8) is 0 Å². The first-order valence-corrected chi connectivity index (χ1v) is 14.2. The highest BCUT2D eigenvalue weighted by Gasteiger charge is 2.53. The second kappa shape index (κ2) is 14.2. The molecule has 172 valence electrons. The van der Waals surface area contributed by atoms with Crippen molar-refractivity contribution in [3.05, 3.63) is 0 Å². The minimum atomic E-state index is -3.20. The van der Waals surface area contributed by atoms with E-state index >= 15 is 0 Å². The van der Waals surface area contributed by atoms with Crippen molar-refractivity contribution in [2.45, 2.75) is 53.6 Å². The van der Waals surface area contributed by atoms with Crippen LogP contribution in [0.1, 0.15) is 41.5 Å². The molecule has 0 heterocycles. The molecule has 0 aliphatic heterocycles. The number of amides is 2. The van der Waals surface area contributed by atoms with Crippen LogP contribution in [0.5, 0.6) is 0 Å². The summed E-state index contributed by atoms with van der Waals surface area (Å²) in [5, 5.41) is 0. The smallest absolute Gasteiger partial charge is 0.374 e. The van der Waals surface area contributed by atoms with Crippen LogP contribution in [0.2, 0.25) is 12.1 Å². The van der Waals surface area contributed by atoms with Crippen molar-refractivity contribution in [2.24, 2.45) is 0 Å². The maximum Gasteiger partial charge on any atom is 0.495 e. The summed E-state index contributed by atoms with van der Waals surface area (Å²) in [6, 6.07) is 0.865. The third kappa shape index (κ3) is 10.2. The van der Waals surface area contributed by atoms with Gasteiger partial charge in [0.15, 0.2) is 0 Å². The molecular weight excluding hydrogens is 412 g/mol. The maximum absolute atomic E-state index is 11.6. The zero-order valence-electron chi connectivity index (χ0n) is 19.4. The molecule has 0 bridgehead atoms. The van der Waals surface area contributed by atoms with Gasteiger partial charge in [-0.3, -0.25) is 9.59 Å². The summed E-state index contributed by atoms with van der Waals surface area (Å²) in [4.78, 5) is 26.5. The predicted octanol–water partition coefficient (Wildman–Crippen LogP) is 1.98. The van der Waals surface area contributed by atoms with Crippen LogP contribution >= 0.6 is 0 Å². The Balaban J connectivity index is 5.77. The molecule has 0 unspecified atom stereocenters. The molecule has 0 fully saturated rings. The SMILES string of the molecule is CCO[Si](CCN(C)C(C)=O)(OCC)O[Si](CCN(C)C(C)=O)(OCC)OCC. The predicted molar refractivity (Wildman–Crippen MR) is 115 cm³/mol. The molecular formula is C18H40N2O7Si2. The molecule has 2 amide bonds. The Morgan fingerprint density at radius 3 is 1.14 bits per heavy atom. The van der Waals surface area contributed by atoms with E-state index in [1.165, 1.54) is 13.8 Å². The van der Waals surface area contributed by atoms with Gasteiger partial charge in [-0.1, -0.05) is 0 Å². The fraction of sp³-hybridized carbons (Fsp3) is 0.889. The van der Waals surface area contributed by atoms with Crippen LogP contribution in [0.25, 0.3) is 0 Å². The summed E-state index contributed by atoms with van der Waals surface area (Å²) in [5.74, 6) is -0.0794. The molecule has 0 rings (SSSR count). The lowest BCUT2D eigenvalue weighted by Gasteiger charge is -2.39. The topological polar surface area (TPSA) is 86.8 Å². The van der Waals surface area contributed by atoms with Crippen LogP contribution in [0.4, 0.5) is 0 Å². The Bertz CT molecular complexity index is 443. The molecule has 0 saturated heterocycles. The molecule has 0 aliphatic carbocycles. The second-order valence-electron chi connectivity index (χ2n) is 6.58. The standard InChI is InChI=1S/C18H40N2O7Si2/c1-9-23-28(24-10-2,15-13-19(7)17(5)21)27-29(25-11-3,26-12-4)16-14-20(8)18(6)22/h9-16H2,1-8H3. The molecule has 11 heteroatoms. The average Bonchev–Trinajstić information content (AvgIpc) is 2.64. The molecule has 0 aromatic carbocycles. The summed E-state index contributed by atoms with van der Waals surface area (Å²) in [6.45, 7) is 13.1. The number of hydrogen-bond donors (Lipinski definition) is 0. The van der Waals surface area contributed by atoms with Crippen LogP contribution in [0.15, 0.2) is 0 Å². The fourth-order valence-corrected chi connectivity index (χ4v) is 10.0. The number of carbonyl (C=O) groups excluding carboxylic acids is 2. The lowest BCUT2D eigenvalue weighted by atomic mass is 10.5. The van der Waals surface area contributed by atoms with Crippen LogP contribution in [0, 0.1) is 0 Å². The molecule has 0 aliphatic rings. The van der Waals surface area contributed by atoms with Gasteiger partial charge in [-0.2, -0.15) is 0 Å². The largest absolute Gasteiger partial charge is 0.495 e. The molecule has 0 atom stereocenters. The summed E-state index contributed by atoms with van der Waals surface area (Å²) >= 11 is 0. The van der Waals surface area contributed by atoms with Crippen LogP contribution in [-0.4, -0.2) is 92.8 Å². The van der Waals surface area contributed by atoms with Gasteiger partial charge in [0.2, 0.25) is 11.8 Å². The van der Waals surface area contributed by atoms with Crippen LogP contribution in [-0.2, 0) is 31.4 Å². The first-order chi connectivity index (χ1) is 13.6. The highest BCUT2D eigenvalue weighted by atomic mass is 28.5. The van der Waals surface area contributed by atoms with E-state index in [1.54, 1.807) is 23.9 Å². The summed E-state index contributed by atoms with van der Waals surface area (Å²) < 4.78 is 30.8. The molecule has 0 spiro atoms. The number of rotatable bonds is 16. The number of hydrogen-bond acceptors (Lipinski definition) is 7. The Hall–Kier alpha value is -0.826. The van der Waals surface area contributed by atoms with Gasteiger partial charge in [-0.25, -0.2) is 0 Å². The van der Waals surface area contributed by atoms with Crippen molar-refractivity contribution >= 4 is 29.4 Å². The highest BCUT2D eigenvalue weighted by Crippen LogP contribution is 2.27. The van der Waals surface area contributed by atoms with Crippen molar-refractivity contribution in [2.75, 3.05) is 53.6 Å². The molecule has 0 N–H and O–H groups in total. The average molecular weight is 453 g/mol. The Labute approximate surface area is 178 Å². The Kier molecular flexibility index (Phi) is 13.8. The molecule has 9 nitrogen and oxygen atoms in total. The summed E-state index contributed by atoms with van der Waals surface area (Å²) in [6.07, 6.45) is 0. The molecule has 0 aromatic rings. The van der Waals surface area contributed by atoms with Gasteiger partial charge < -0.3 is 31.6 Å². The van der Waals surface area contributed by atoms with E-state index in [2.05, 4.69) is 0 Å².